The van der Waals surface area contributed by atoms with Crippen molar-refractivity contribution in [2.45, 2.75) is 22.9 Å². The quantitative estimate of drug-likeness (QED) is 0.571. The number of nitro groups is 1. The second kappa shape index (κ2) is 6.71. The summed E-state index contributed by atoms with van der Waals surface area (Å²) >= 11 is 1.01. The zero-order valence-electron chi connectivity index (χ0n) is 13.3. The van der Waals surface area contributed by atoms with Gasteiger partial charge in [0.15, 0.2) is 15.0 Å². The minimum absolute atomic E-state index is 0.0156. The third-order valence-electron chi connectivity index (χ3n) is 4.05. The van der Waals surface area contributed by atoms with Crippen LogP contribution in [0, 0.1) is 21.8 Å². The topological polar surface area (TPSA) is 108 Å². The van der Waals surface area contributed by atoms with Crippen LogP contribution in [-0.2, 0) is 23.3 Å². The van der Waals surface area contributed by atoms with Crippen LogP contribution in [0.2, 0.25) is 0 Å². The van der Waals surface area contributed by atoms with E-state index in [1.807, 2.05) is 0 Å². The van der Waals surface area contributed by atoms with Crippen molar-refractivity contribution in [3.63, 3.8) is 0 Å². The number of rotatable bonds is 5. The molecule has 8 nitrogen and oxygen atoms in total. The van der Waals surface area contributed by atoms with Gasteiger partial charge in [-0.1, -0.05) is 0 Å². The Bertz CT molecular complexity index is 929. The molecule has 0 aliphatic carbocycles. The average molecular weight is 386 g/mol. The van der Waals surface area contributed by atoms with Crippen LogP contribution in [0.3, 0.4) is 0 Å². The van der Waals surface area contributed by atoms with Crippen molar-refractivity contribution < 1.29 is 17.7 Å². The van der Waals surface area contributed by atoms with Gasteiger partial charge in [0, 0.05) is 19.5 Å². The van der Waals surface area contributed by atoms with Crippen molar-refractivity contribution in [2.24, 2.45) is 13.0 Å². The molecule has 1 aliphatic rings. The van der Waals surface area contributed by atoms with Crippen molar-refractivity contribution in [3.8, 4) is 0 Å². The standard InChI is InChI=1S/C14H15FN4O4S2/c1-18-13(6-9-4-5-25(22,23)8-9)16-17-14(18)24-12-3-2-10(19(20)21)7-11(12)15/h2-3,7,9H,4-6,8H2,1H3. The maximum absolute atomic E-state index is 14.0. The van der Waals surface area contributed by atoms with Crippen LogP contribution in [0.25, 0.3) is 0 Å². The Hall–Kier alpha value is -2.01. The van der Waals surface area contributed by atoms with E-state index < -0.39 is 20.6 Å². The van der Waals surface area contributed by atoms with E-state index in [2.05, 4.69) is 10.2 Å². The smallest absolute Gasteiger partial charge is 0.272 e. The lowest BCUT2D eigenvalue weighted by Crippen LogP contribution is -2.11. The number of nitro benzene ring substituents is 1. The second-order valence-corrected chi connectivity index (χ2v) is 9.14. The molecule has 0 radical (unpaired) electrons. The van der Waals surface area contributed by atoms with E-state index in [-0.39, 0.29) is 28.0 Å². The highest BCUT2D eigenvalue weighted by molar-refractivity contribution is 7.99. The number of halogens is 1. The molecule has 1 aromatic heterocycles. The molecule has 1 fully saturated rings. The van der Waals surface area contributed by atoms with Crippen LogP contribution in [0.1, 0.15) is 12.2 Å². The minimum atomic E-state index is -2.95. The van der Waals surface area contributed by atoms with Gasteiger partial charge in [0.2, 0.25) is 0 Å². The monoisotopic (exact) mass is 386 g/mol. The van der Waals surface area contributed by atoms with E-state index in [1.165, 1.54) is 12.1 Å². The zero-order valence-corrected chi connectivity index (χ0v) is 14.9. The zero-order chi connectivity index (χ0) is 18.2. The first-order valence-corrected chi connectivity index (χ1v) is 10.1. The van der Waals surface area contributed by atoms with Crippen LogP contribution < -0.4 is 0 Å². The van der Waals surface area contributed by atoms with E-state index in [9.17, 15) is 22.9 Å². The molecular weight excluding hydrogens is 371 g/mol. The third kappa shape index (κ3) is 3.98. The van der Waals surface area contributed by atoms with Gasteiger partial charge in [0.05, 0.1) is 27.4 Å². The predicted molar refractivity (Wildman–Crippen MR) is 88.6 cm³/mol. The number of non-ortho nitro benzene ring substituents is 1. The number of benzene rings is 1. The van der Waals surface area contributed by atoms with E-state index in [0.29, 0.717) is 23.8 Å². The molecule has 2 heterocycles. The van der Waals surface area contributed by atoms with Gasteiger partial charge in [-0.25, -0.2) is 12.8 Å². The van der Waals surface area contributed by atoms with Gasteiger partial charge >= 0.3 is 0 Å². The molecule has 1 saturated heterocycles. The van der Waals surface area contributed by atoms with E-state index >= 15 is 0 Å². The van der Waals surface area contributed by atoms with Gasteiger partial charge in [-0.05, 0) is 30.2 Å². The Balaban J connectivity index is 1.74. The Morgan fingerprint density at radius 3 is 2.80 bits per heavy atom. The average Bonchev–Trinajstić information content (AvgIpc) is 3.05. The first-order chi connectivity index (χ1) is 11.7. The Kier molecular flexibility index (Phi) is 4.78. The first-order valence-electron chi connectivity index (χ1n) is 7.45. The molecule has 3 rings (SSSR count). The van der Waals surface area contributed by atoms with Crippen LogP contribution in [0.4, 0.5) is 10.1 Å². The van der Waals surface area contributed by atoms with E-state index in [4.69, 9.17) is 0 Å². The molecule has 1 atom stereocenters. The highest BCUT2D eigenvalue weighted by Crippen LogP contribution is 2.31. The van der Waals surface area contributed by atoms with Crippen LogP contribution in [0.5, 0.6) is 0 Å². The molecule has 0 N–H and O–H groups in total. The van der Waals surface area contributed by atoms with Crippen molar-refractivity contribution in [1.82, 2.24) is 14.8 Å². The highest BCUT2D eigenvalue weighted by Gasteiger charge is 2.29. The lowest BCUT2D eigenvalue weighted by atomic mass is 10.1. The summed E-state index contributed by atoms with van der Waals surface area (Å²) < 4.78 is 38.8. The first kappa shape index (κ1) is 17.8. The van der Waals surface area contributed by atoms with Crippen molar-refractivity contribution in [2.75, 3.05) is 11.5 Å². The fourth-order valence-electron chi connectivity index (χ4n) is 2.69. The fourth-order valence-corrected chi connectivity index (χ4v) is 5.36. The number of hydrogen-bond donors (Lipinski definition) is 0. The summed E-state index contributed by atoms with van der Waals surface area (Å²) in [5.74, 6) is 0.296. The molecule has 1 aliphatic heterocycles. The number of aromatic nitrogens is 3. The number of hydrogen-bond acceptors (Lipinski definition) is 7. The molecule has 0 saturated carbocycles. The molecule has 11 heteroatoms. The van der Waals surface area contributed by atoms with Crippen LogP contribution in [-0.4, -0.2) is 39.6 Å². The summed E-state index contributed by atoms with van der Waals surface area (Å²) in [6.07, 6.45) is 1.10. The molecule has 0 bridgehead atoms. The van der Waals surface area contributed by atoms with Crippen LogP contribution >= 0.6 is 11.8 Å². The largest absolute Gasteiger partial charge is 0.309 e. The Morgan fingerprint density at radius 1 is 1.44 bits per heavy atom. The molecule has 0 spiro atoms. The number of nitrogens with zero attached hydrogens (tertiary/aromatic N) is 4. The molecule has 1 unspecified atom stereocenters. The molecule has 134 valence electrons. The minimum Gasteiger partial charge on any atom is -0.309 e. The van der Waals surface area contributed by atoms with E-state index in [0.717, 1.165) is 17.8 Å². The summed E-state index contributed by atoms with van der Waals surface area (Å²) in [5.41, 5.74) is -0.317. The lowest BCUT2D eigenvalue weighted by Gasteiger charge is -2.08. The Labute approximate surface area is 147 Å². The van der Waals surface area contributed by atoms with Crippen LogP contribution in [0.15, 0.2) is 28.3 Å². The van der Waals surface area contributed by atoms with Gasteiger partial charge in [0.25, 0.3) is 5.69 Å². The van der Waals surface area contributed by atoms with Crippen molar-refractivity contribution in [3.05, 3.63) is 40.0 Å². The second-order valence-electron chi connectivity index (χ2n) is 5.90. The van der Waals surface area contributed by atoms with Gasteiger partial charge in [0.1, 0.15) is 11.6 Å². The lowest BCUT2D eigenvalue weighted by molar-refractivity contribution is -0.385. The normalized spacial score (nSPS) is 19.2. The summed E-state index contributed by atoms with van der Waals surface area (Å²) in [4.78, 5) is 10.2. The maximum atomic E-state index is 14.0. The molecular formula is C14H15FN4O4S2. The van der Waals surface area contributed by atoms with Gasteiger partial charge in [-0.2, -0.15) is 0 Å². The number of sulfone groups is 1. The maximum Gasteiger partial charge on any atom is 0.272 e. The fraction of sp³-hybridized carbons (Fsp3) is 0.429. The van der Waals surface area contributed by atoms with Gasteiger partial charge in [-0.15, -0.1) is 10.2 Å². The van der Waals surface area contributed by atoms with Gasteiger partial charge in [-0.3, -0.25) is 10.1 Å². The summed E-state index contributed by atoms with van der Waals surface area (Å²) in [6.45, 7) is 0. The molecule has 25 heavy (non-hydrogen) atoms. The summed E-state index contributed by atoms with van der Waals surface area (Å²) in [5, 5.41) is 19.2. The third-order valence-corrected chi connectivity index (χ3v) is 6.98. The molecule has 0 amide bonds. The van der Waals surface area contributed by atoms with Gasteiger partial charge < -0.3 is 4.57 Å². The molecule has 2 aromatic rings. The SMILES string of the molecule is Cn1c(CC2CCS(=O)(=O)C2)nnc1Sc1ccc([N+](=O)[O-])cc1F. The predicted octanol–water partition coefficient (Wildman–Crippen LogP) is 1.99. The summed E-state index contributed by atoms with van der Waals surface area (Å²) in [6, 6.07) is 3.42. The van der Waals surface area contributed by atoms with Crippen molar-refractivity contribution >= 4 is 27.3 Å². The van der Waals surface area contributed by atoms with E-state index in [1.54, 1.807) is 11.6 Å². The highest BCUT2D eigenvalue weighted by atomic mass is 32.2. The summed E-state index contributed by atoms with van der Waals surface area (Å²) in [7, 11) is -1.23. The molecule has 1 aromatic carbocycles. The van der Waals surface area contributed by atoms with Crippen molar-refractivity contribution in [1.29, 1.82) is 0 Å². The Morgan fingerprint density at radius 2 is 2.20 bits per heavy atom.